The molecule has 35 heavy (non-hydrogen) atoms. The van der Waals surface area contributed by atoms with E-state index in [1.54, 1.807) is 6.33 Å². The molecule has 1 aromatic heterocycles. The first-order chi connectivity index (χ1) is 16.4. The van der Waals surface area contributed by atoms with Crippen molar-refractivity contribution in [2.24, 2.45) is 5.41 Å². The van der Waals surface area contributed by atoms with Gasteiger partial charge in [-0.3, -0.25) is 4.79 Å². The van der Waals surface area contributed by atoms with Crippen molar-refractivity contribution in [3.05, 3.63) is 47.4 Å². The van der Waals surface area contributed by atoms with Gasteiger partial charge in [0.25, 0.3) is 0 Å². The Morgan fingerprint density at radius 1 is 1.20 bits per heavy atom. The molecule has 0 spiro atoms. The molecule has 0 saturated heterocycles. The molecule has 0 radical (unpaired) electrons. The lowest BCUT2D eigenvalue weighted by atomic mass is 9.87. The third-order valence-corrected chi connectivity index (χ3v) is 6.54. The molecule has 1 aromatic carbocycles. The number of aryl methyl sites for hydroxylation is 1. The number of halogens is 2. The van der Waals surface area contributed by atoms with Gasteiger partial charge in [-0.15, -0.1) is 0 Å². The number of carbonyl (C=O) groups is 1. The van der Waals surface area contributed by atoms with Gasteiger partial charge in [-0.25, -0.2) is 13.8 Å². The number of amides is 1. The van der Waals surface area contributed by atoms with Crippen molar-refractivity contribution in [1.29, 1.82) is 0 Å². The van der Waals surface area contributed by atoms with Crippen LogP contribution in [0.2, 0.25) is 0 Å². The largest absolute Gasteiger partial charge is 0.328 e. The van der Waals surface area contributed by atoms with E-state index >= 15 is 0 Å². The van der Waals surface area contributed by atoms with Crippen molar-refractivity contribution in [3.8, 4) is 0 Å². The summed E-state index contributed by atoms with van der Waals surface area (Å²) in [5.41, 5.74) is 1.27. The van der Waals surface area contributed by atoms with Crippen LogP contribution in [0.3, 0.4) is 0 Å². The number of fused-ring (bicyclic) bond motifs is 1. The highest BCUT2D eigenvalue weighted by molar-refractivity contribution is 5.94. The number of benzene rings is 1. The molecule has 1 heterocycles. The van der Waals surface area contributed by atoms with Crippen LogP contribution >= 0.6 is 0 Å². The number of rotatable bonds is 10. The summed E-state index contributed by atoms with van der Waals surface area (Å²) in [6.07, 6.45) is 6.86. The van der Waals surface area contributed by atoms with E-state index in [9.17, 15) is 13.6 Å². The molecule has 1 aliphatic carbocycles. The summed E-state index contributed by atoms with van der Waals surface area (Å²) in [6, 6.07) is 1.90. The lowest BCUT2D eigenvalue weighted by Crippen LogP contribution is -2.48. The Labute approximate surface area is 208 Å². The summed E-state index contributed by atoms with van der Waals surface area (Å²) in [7, 11) is 0. The van der Waals surface area contributed by atoms with Gasteiger partial charge in [-0.05, 0) is 62.1 Å². The zero-order valence-electron chi connectivity index (χ0n) is 22.0. The highest BCUT2D eigenvalue weighted by Crippen LogP contribution is 2.26. The summed E-state index contributed by atoms with van der Waals surface area (Å²) in [5, 5.41) is 9.89. The molecule has 1 amide bonds. The van der Waals surface area contributed by atoms with Crippen LogP contribution < -0.4 is 16.0 Å². The predicted octanol–water partition coefficient (Wildman–Crippen LogP) is 4.79. The molecule has 3 rings (SSSR count). The standard InChI is InChI=1S/C27H41F2N5O/c1-7-8-23(32-20-10-9-18-11-19(28)12-22(29)21(18)13-20)25(35)33-24-14-34(17-31-24)27(5,6)16-30-15-26(2,3)4/h11-12,14,17,20,23,30,32H,7-10,13,15-16H2,1-6H3,(H,33,35)/t20-,23-/m1/s1. The first-order valence-electron chi connectivity index (χ1n) is 12.7. The van der Waals surface area contributed by atoms with Crippen LogP contribution in [-0.4, -0.2) is 40.6 Å². The molecule has 6 nitrogen and oxygen atoms in total. The molecule has 194 valence electrons. The van der Waals surface area contributed by atoms with Crippen LogP contribution in [0.4, 0.5) is 14.6 Å². The molecule has 8 heteroatoms. The van der Waals surface area contributed by atoms with Gasteiger partial charge in [0, 0.05) is 31.4 Å². The number of anilines is 1. The van der Waals surface area contributed by atoms with Gasteiger partial charge in [0.2, 0.25) is 5.91 Å². The first-order valence-corrected chi connectivity index (χ1v) is 12.7. The Morgan fingerprint density at radius 3 is 2.63 bits per heavy atom. The first kappa shape index (κ1) is 27.3. The van der Waals surface area contributed by atoms with Gasteiger partial charge >= 0.3 is 0 Å². The molecular formula is C27H41F2N5O. The summed E-state index contributed by atoms with van der Waals surface area (Å²) in [6.45, 7) is 14.6. The van der Waals surface area contributed by atoms with Crippen molar-refractivity contribution in [2.75, 3.05) is 18.4 Å². The average molecular weight is 490 g/mol. The minimum Gasteiger partial charge on any atom is -0.328 e. The average Bonchev–Trinajstić information content (AvgIpc) is 3.22. The van der Waals surface area contributed by atoms with Gasteiger partial charge in [0.05, 0.1) is 17.9 Å². The molecule has 0 saturated carbocycles. The van der Waals surface area contributed by atoms with Crippen molar-refractivity contribution in [2.45, 2.75) is 91.3 Å². The second-order valence-electron chi connectivity index (χ2n) is 11.6. The van der Waals surface area contributed by atoms with E-state index in [-0.39, 0.29) is 22.9 Å². The summed E-state index contributed by atoms with van der Waals surface area (Å²) < 4.78 is 29.9. The molecule has 3 N–H and O–H groups in total. The van der Waals surface area contributed by atoms with E-state index in [0.29, 0.717) is 30.6 Å². The van der Waals surface area contributed by atoms with E-state index in [0.717, 1.165) is 37.6 Å². The Balaban J connectivity index is 1.61. The minimum absolute atomic E-state index is 0.0462. The summed E-state index contributed by atoms with van der Waals surface area (Å²) in [4.78, 5) is 17.5. The SMILES string of the molecule is CCC[C@@H](N[C@@H]1CCc2cc(F)cc(F)c2C1)C(=O)Nc1cn(C(C)(C)CNCC(C)(C)C)cn1. The van der Waals surface area contributed by atoms with Gasteiger partial charge in [-0.2, -0.15) is 0 Å². The Kier molecular flexibility index (Phi) is 8.70. The third-order valence-electron chi connectivity index (χ3n) is 6.54. The second kappa shape index (κ2) is 11.2. The molecule has 0 bridgehead atoms. The lowest BCUT2D eigenvalue weighted by Gasteiger charge is -2.30. The van der Waals surface area contributed by atoms with Crippen LogP contribution in [-0.2, 0) is 23.2 Å². The predicted molar refractivity (Wildman–Crippen MR) is 137 cm³/mol. The van der Waals surface area contributed by atoms with Crippen LogP contribution in [0.1, 0.15) is 71.9 Å². The Morgan fingerprint density at radius 2 is 1.94 bits per heavy atom. The quantitative estimate of drug-likeness (QED) is 0.449. The number of carbonyl (C=O) groups excluding carboxylic acids is 1. The van der Waals surface area contributed by atoms with Crippen LogP contribution in [0.5, 0.6) is 0 Å². The Bertz CT molecular complexity index is 1010. The number of imidazole rings is 1. The fraction of sp³-hybridized carbons (Fsp3) is 0.630. The molecular weight excluding hydrogens is 448 g/mol. The molecule has 0 aliphatic heterocycles. The van der Waals surface area contributed by atoms with E-state index < -0.39 is 17.7 Å². The smallest absolute Gasteiger partial charge is 0.242 e. The Hall–Kier alpha value is -2.32. The van der Waals surface area contributed by atoms with E-state index in [4.69, 9.17) is 0 Å². The van der Waals surface area contributed by atoms with Crippen molar-refractivity contribution in [1.82, 2.24) is 20.2 Å². The maximum absolute atomic E-state index is 14.3. The fourth-order valence-corrected chi connectivity index (χ4v) is 4.56. The normalized spacial score (nSPS) is 17.2. The minimum atomic E-state index is -0.538. The number of aromatic nitrogens is 2. The summed E-state index contributed by atoms with van der Waals surface area (Å²) >= 11 is 0. The van der Waals surface area contributed by atoms with Gasteiger partial charge in [0.15, 0.2) is 5.82 Å². The summed E-state index contributed by atoms with van der Waals surface area (Å²) in [5.74, 6) is -0.680. The highest BCUT2D eigenvalue weighted by atomic mass is 19.1. The molecule has 1 aliphatic rings. The number of hydrogen-bond acceptors (Lipinski definition) is 4. The van der Waals surface area contributed by atoms with Crippen molar-refractivity contribution in [3.63, 3.8) is 0 Å². The van der Waals surface area contributed by atoms with Crippen LogP contribution in [0.15, 0.2) is 24.7 Å². The number of nitrogens with one attached hydrogen (secondary N) is 3. The number of nitrogens with zero attached hydrogens (tertiary/aromatic N) is 2. The highest BCUT2D eigenvalue weighted by Gasteiger charge is 2.28. The maximum atomic E-state index is 14.3. The van der Waals surface area contributed by atoms with Gasteiger partial charge in [0.1, 0.15) is 11.6 Å². The fourth-order valence-electron chi connectivity index (χ4n) is 4.56. The topological polar surface area (TPSA) is 71.0 Å². The maximum Gasteiger partial charge on any atom is 0.242 e. The van der Waals surface area contributed by atoms with Crippen LogP contribution in [0.25, 0.3) is 0 Å². The van der Waals surface area contributed by atoms with E-state index in [2.05, 4.69) is 55.6 Å². The zero-order valence-corrected chi connectivity index (χ0v) is 22.0. The lowest BCUT2D eigenvalue weighted by molar-refractivity contribution is -0.118. The number of hydrogen-bond donors (Lipinski definition) is 3. The van der Waals surface area contributed by atoms with Gasteiger partial charge in [-0.1, -0.05) is 34.1 Å². The van der Waals surface area contributed by atoms with E-state index in [1.807, 2.05) is 17.7 Å². The van der Waals surface area contributed by atoms with Crippen LogP contribution in [0, 0.1) is 17.0 Å². The zero-order chi connectivity index (χ0) is 25.8. The van der Waals surface area contributed by atoms with Gasteiger partial charge < -0.3 is 20.5 Å². The monoisotopic (exact) mass is 489 g/mol. The molecule has 2 aromatic rings. The van der Waals surface area contributed by atoms with Crippen molar-refractivity contribution >= 4 is 11.7 Å². The van der Waals surface area contributed by atoms with E-state index in [1.165, 1.54) is 6.07 Å². The van der Waals surface area contributed by atoms with Crippen molar-refractivity contribution < 1.29 is 13.6 Å². The molecule has 2 atom stereocenters. The molecule has 0 unspecified atom stereocenters. The molecule has 0 fully saturated rings. The third kappa shape index (κ3) is 7.58. The second-order valence-corrected chi connectivity index (χ2v) is 11.6.